The van der Waals surface area contributed by atoms with Gasteiger partial charge in [0.2, 0.25) is 0 Å². The number of hydrogen-bond donors (Lipinski definition) is 2. The molecule has 0 aliphatic carbocycles. The lowest BCUT2D eigenvalue weighted by Crippen LogP contribution is -2.38. The predicted molar refractivity (Wildman–Crippen MR) is 43.4 cm³/mol. The van der Waals surface area contributed by atoms with Crippen LogP contribution in [0.1, 0.15) is 19.8 Å². The molecule has 0 saturated carbocycles. The van der Waals surface area contributed by atoms with Gasteiger partial charge in [0.25, 0.3) is 0 Å². The van der Waals surface area contributed by atoms with E-state index in [0.29, 0.717) is 12.6 Å². The molecule has 66 valence electrons. The summed E-state index contributed by atoms with van der Waals surface area (Å²) in [5.41, 5.74) is 0. The van der Waals surface area contributed by atoms with Crippen molar-refractivity contribution in [3.05, 3.63) is 0 Å². The molecule has 0 amide bonds. The van der Waals surface area contributed by atoms with Gasteiger partial charge in [0.05, 0.1) is 13.2 Å². The van der Waals surface area contributed by atoms with Gasteiger partial charge < -0.3 is 10.2 Å². The molecule has 0 radical (unpaired) electrons. The average molecular weight is 159 g/mol. The Balaban J connectivity index is 2.42. The zero-order chi connectivity index (χ0) is 8.27. The van der Waals surface area contributed by atoms with Crippen LogP contribution in [0.15, 0.2) is 0 Å². The maximum Gasteiger partial charge on any atom is 0.0587 e. The quantitative estimate of drug-likeness (QED) is 0.600. The molecule has 1 fully saturated rings. The van der Waals surface area contributed by atoms with E-state index >= 15 is 0 Å². The van der Waals surface area contributed by atoms with Crippen LogP contribution in [0.4, 0.5) is 0 Å². The Hall–Kier alpha value is -0.120. The lowest BCUT2D eigenvalue weighted by Gasteiger charge is -2.25. The van der Waals surface area contributed by atoms with Crippen LogP contribution in [-0.4, -0.2) is 47.0 Å². The van der Waals surface area contributed by atoms with E-state index in [-0.39, 0.29) is 19.3 Å². The van der Waals surface area contributed by atoms with Gasteiger partial charge in [0.1, 0.15) is 0 Å². The van der Waals surface area contributed by atoms with E-state index in [9.17, 15) is 0 Å². The number of aliphatic hydroxyl groups excluding tert-OH is 2. The molecule has 1 heterocycles. The minimum atomic E-state index is 0.195. The molecule has 3 nitrogen and oxygen atoms in total. The second kappa shape index (κ2) is 4.04. The molecule has 1 rings (SSSR count). The Morgan fingerprint density at radius 3 is 2.64 bits per heavy atom. The Morgan fingerprint density at radius 1 is 1.36 bits per heavy atom. The summed E-state index contributed by atoms with van der Waals surface area (Å²) in [5, 5.41) is 17.7. The summed E-state index contributed by atoms with van der Waals surface area (Å²) < 4.78 is 0. The largest absolute Gasteiger partial charge is 0.395 e. The van der Waals surface area contributed by atoms with Crippen molar-refractivity contribution < 1.29 is 10.2 Å². The molecule has 2 atom stereocenters. The normalized spacial score (nSPS) is 33.0. The summed E-state index contributed by atoms with van der Waals surface area (Å²) in [6.45, 7) is 3.27. The van der Waals surface area contributed by atoms with Gasteiger partial charge in [-0.2, -0.15) is 0 Å². The van der Waals surface area contributed by atoms with Crippen LogP contribution in [0, 0.1) is 0 Å². The van der Waals surface area contributed by atoms with Gasteiger partial charge in [-0.3, -0.25) is 4.90 Å². The summed E-state index contributed by atoms with van der Waals surface area (Å²) in [4.78, 5) is 2.18. The molecule has 1 aliphatic heterocycles. The van der Waals surface area contributed by atoms with Crippen molar-refractivity contribution in [2.45, 2.75) is 31.8 Å². The smallest absolute Gasteiger partial charge is 0.0587 e. The zero-order valence-electron chi connectivity index (χ0n) is 7.03. The number of likely N-dealkylation sites (tertiary alicyclic amines) is 1. The molecule has 0 bridgehead atoms. The molecule has 3 heteroatoms. The number of nitrogens with zero attached hydrogens (tertiary/aromatic N) is 1. The Kier molecular flexibility index (Phi) is 3.30. The van der Waals surface area contributed by atoms with Crippen LogP contribution < -0.4 is 0 Å². The van der Waals surface area contributed by atoms with Crippen molar-refractivity contribution in [2.75, 3.05) is 19.8 Å². The SMILES string of the molecule is CC1CCC(CO)N1CCO. The maximum atomic E-state index is 8.96. The van der Waals surface area contributed by atoms with Gasteiger partial charge in [-0.1, -0.05) is 0 Å². The number of β-amino-alcohol motifs (C(OH)–C–C–N with tert-alkyl or cyclic N) is 1. The molecule has 0 spiro atoms. The first-order valence-corrected chi connectivity index (χ1v) is 4.27. The molecule has 1 aliphatic rings. The Labute approximate surface area is 67.6 Å². The Morgan fingerprint density at radius 2 is 2.09 bits per heavy atom. The molecule has 0 aromatic carbocycles. The summed E-state index contributed by atoms with van der Waals surface area (Å²) in [5.74, 6) is 0. The monoisotopic (exact) mass is 159 g/mol. The van der Waals surface area contributed by atoms with E-state index in [1.807, 2.05) is 0 Å². The third-order valence-corrected chi connectivity index (χ3v) is 2.52. The van der Waals surface area contributed by atoms with Crippen LogP contribution in [0.5, 0.6) is 0 Å². The number of aliphatic hydroxyl groups is 2. The highest BCUT2D eigenvalue weighted by Crippen LogP contribution is 2.22. The molecule has 0 aromatic heterocycles. The molecule has 0 aromatic rings. The van der Waals surface area contributed by atoms with Crippen molar-refractivity contribution in [1.29, 1.82) is 0 Å². The zero-order valence-corrected chi connectivity index (χ0v) is 7.03. The number of hydrogen-bond acceptors (Lipinski definition) is 3. The van der Waals surface area contributed by atoms with Gasteiger partial charge >= 0.3 is 0 Å². The summed E-state index contributed by atoms with van der Waals surface area (Å²) >= 11 is 0. The molecular formula is C8H17NO2. The van der Waals surface area contributed by atoms with Gasteiger partial charge in [0, 0.05) is 18.6 Å². The van der Waals surface area contributed by atoms with Crippen LogP contribution in [0.2, 0.25) is 0 Å². The lowest BCUT2D eigenvalue weighted by molar-refractivity contribution is 0.111. The van der Waals surface area contributed by atoms with Crippen LogP contribution in [-0.2, 0) is 0 Å². The van der Waals surface area contributed by atoms with Gasteiger partial charge in [0.15, 0.2) is 0 Å². The predicted octanol–water partition coefficient (Wildman–Crippen LogP) is -0.176. The molecule has 1 saturated heterocycles. The molecule has 2 unspecified atom stereocenters. The second-order valence-electron chi connectivity index (χ2n) is 3.22. The topological polar surface area (TPSA) is 43.7 Å². The van der Waals surface area contributed by atoms with E-state index in [1.54, 1.807) is 0 Å². The minimum Gasteiger partial charge on any atom is -0.395 e. The summed E-state index contributed by atoms with van der Waals surface area (Å²) in [6, 6.07) is 0.816. The van der Waals surface area contributed by atoms with Crippen molar-refractivity contribution in [1.82, 2.24) is 4.90 Å². The van der Waals surface area contributed by atoms with Crippen LogP contribution in [0.3, 0.4) is 0 Å². The highest BCUT2D eigenvalue weighted by molar-refractivity contribution is 4.84. The van der Waals surface area contributed by atoms with Crippen molar-refractivity contribution in [3.8, 4) is 0 Å². The first kappa shape index (κ1) is 8.97. The van der Waals surface area contributed by atoms with Crippen molar-refractivity contribution in [3.63, 3.8) is 0 Å². The Bertz CT molecular complexity index is 119. The fraction of sp³-hybridized carbons (Fsp3) is 1.00. The molecule has 2 N–H and O–H groups in total. The van der Waals surface area contributed by atoms with E-state index in [2.05, 4.69) is 11.8 Å². The van der Waals surface area contributed by atoms with E-state index in [4.69, 9.17) is 10.2 Å². The van der Waals surface area contributed by atoms with Crippen LogP contribution >= 0.6 is 0 Å². The van der Waals surface area contributed by atoms with Gasteiger partial charge in [-0.05, 0) is 19.8 Å². The summed E-state index contributed by atoms with van der Waals surface area (Å²) in [7, 11) is 0. The van der Waals surface area contributed by atoms with Gasteiger partial charge in [-0.15, -0.1) is 0 Å². The lowest BCUT2D eigenvalue weighted by atomic mass is 10.2. The first-order chi connectivity index (χ1) is 5.29. The standard InChI is InChI=1S/C8H17NO2/c1-7-2-3-8(6-11)9(7)4-5-10/h7-8,10-11H,2-6H2,1H3. The maximum absolute atomic E-state index is 8.96. The average Bonchev–Trinajstić information content (AvgIpc) is 2.34. The van der Waals surface area contributed by atoms with E-state index in [0.717, 1.165) is 12.8 Å². The first-order valence-electron chi connectivity index (χ1n) is 4.27. The molecule has 11 heavy (non-hydrogen) atoms. The number of rotatable bonds is 3. The fourth-order valence-corrected chi connectivity index (χ4v) is 1.84. The minimum absolute atomic E-state index is 0.195. The van der Waals surface area contributed by atoms with Crippen LogP contribution in [0.25, 0.3) is 0 Å². The molecular weight excluding hydrogens is 142 g/mol. The van der Waals surface area contributed by atoms with E-state index in [1.165, 1.54) is 0 Å². The third-order valence-electron chi connectivity index (χ3n) is 2.52. The summed E-state index contributed by atoms with van der Waals surface area (Å²) in [6.07, 6.45) is 2.21. The van der Waals surface area contributed by atoms with Crippen molar-refractivity contribution in [2.24, 2.45) is 0 Å². The highest BCUT2D eigenvalue weighted by Gasteiger charge is 2.28. The van der Waals surface area contributed by atoms with Crippen molar-refractivity contribution >= 4 is 0 Å². The second-order valence-corrected chi connectivity index (χ2v) is 3.22. The fourth-order valence-electron chi connectivity index (χ4n) is 1.84. The third kappa shape index (κ3) is 1.92. The van der Waals surface area contributed by atoms with E-state index < -0.39 is 0 Å². The highest BCUT2D eigenvalue weighted by atomic mass is 16.3. The van der Waals surface area contributed by atoms with Gasteiger partial charge in [-0.25, -0.2) is 0 Å².